The van der Waals surface area contributed by atoms with Crippen molar-refractivity contribution in [3.8, 4) is 0 Å². The number of aromatic nitrogens is 2. The molecule has 0 spiro atoms. The second-order valence-electron chi connectivity index (χ2n) is 10.1. The molecule has 39 heavy (non-hydrogen) atoms. The van der Waals surface area contributed by atoms with Gasteiger partial charge in [-0.05, 0) is 68.3 Å². The molecule has 4 rings (SSSR count). The molecule has 4 N–H and O–H groups in total. The van der Waals surface area contributed by atoms with Crippen molar-refractivity contribution in [2.45, 2.75) is 56.7 Å². The number of carboxylic acids is 1. The Labute approximate surface area is 228 Å². The van der Waals surface area contributed by atoms with E-state index in [9.17, 15) is 23.4 Å². The van der Waals surface area contributed by atoms with Crippen LogP contribution in [0.3, 0.4) is 0 Å². The third-order valence-corrected chi connectivity index (χ3v) is 8.10. The van der Waals surface area contributed by atoms with E-state index >= 15 is 0 Å². The topological polar surface area (TPSA) is 134 Å². The lowest BCUT2D eigenvalue weighted by Gasteiger charge is -2.28. The fourth-order valence-corrected chi connectivity index (χ4v) is 5.49. The molecule has 0 fully saturated rings. The van der Waals surface area contributed by atoms with Crippen molar-refractivity contribution >= 4 is 32.7 Å². The molecule has 0 unspecified atom stereocenters. The van der Waals surface area contributed by atoms with E-state index in [1.165, 1.54) is 12.1 Å². The van der Waals surface area contributed by atoms with Crippen LogP contribution in [-0.4, -0.2) is 46.2 Å². The predicted molar refractivity (Wildman–Crippen MR) is 151 cm³/mol. The van der Waals surface area contributed by atoms with Crippen molar-refractivity contribution in [1.82, 2.24) is 14.9 Å². The average Bonchev–Trinajstić information content (AvgIpc) is 3.28. The first-order valence-electron chi connectivity index (χ1n) is 12.8. The number of aliphatic hydroxyl groups is 1. The smallest absolute Gasteiger partial charge is 0.335 e. The zero-order valence-corrected chi connectivity index (χ0v) is 23.1. The summed E-state index contributed by atoms with van der Waals surface area (Å²) in [5, 5.41) is 23.7. The second kappa shape index (κ2) is 11.6. The van der Waals surface area contributed by atoms with E-state index in [1.54, 1.807) is 60.7 Å². The van der Waals surface area contributed by atoms with Gasteiger partial charge in [0.25, 0.3) is 10.0 Å². The van der Waals surface area contributed by atoms with Crippen LogP contribution in [-0.2, 0) is 23.0 Å². The number of benzene rings is 3. The van der Waals surface area contributed by atoms with Gasteiger partial charge in [0, 0.05) is 30.7 Å². The summed E-state index contributed by atoms with van der Waals surface area (Å²) in [5.41, 5.74) is 2.37. The average molecular weight is 551 g/mol. The third-order valence-electron chi connectivity index (χ3n) is 6.70. The quantitative estimate of drug-likeness (QED) is 0.203. The lowest BCUT2D eigenvalue weighted by atomic mass is 9.99. The number of nitrogens with one attached hydrogen (secondary N) is 2. The number of nitrogens with zero attached hydrogens (tertiary/aromatic N) is 2. The number of carboxylic acid groups (broad SMARTS) is 1. The van der Waals surface area contributed by atoms with Crippen LogP contribution in [0.2, 0.25) is 0 Å². The Morgan fingerprint density at radius 2 is 1.79 bits per heavy atom. The maximum Gasteiger partial charge on any atom is 0.335 e. The van der Waals surface area contributed by atoms with E-state index < -0.39 is 22.1 Å². The first-order valence-corrected chi connectivity index (χ1v) is 14.3. The van der Waals surface area contributed by atoms with Crippen LogP contribution in [0, 0.1) is 0 Å². The van der Waals surface area contributed by atoms with Crippen LogP contribution in [0.5, 0.6) is 0 Å². The van der Waals surface area contributed by atoms with E-state index in [0.717, 1.165) is 16.9 Å². The number of aromatic carboxylic acids is 1. The minimum absolute atomic E-state index is 0.162. The highest BCUT2D eigenvalue weighted by Gasteiger charge is 2.22. The van der Waals surface area contributed by atoms with Crippen molar-refractivity contribution in [2.24, 2.45) is 0 Å². The fraction of sp³-hybridized carbons (Fsp3) is 0.310. The zero-order valence-electron chi connectivity index (χ0n) is 22.3. The van der Waals surface area contributed by atoms with Gasteiger partial charge in [-0.3, -0.25) is 4.72 Å². The number of aryl methyl sites for hydroxylation is 2. The summed E-state index contributed by atoms with van der Waals surface area (Å²) in [6.07, 6.45) is 0.560. The molecule has 0 saturated heterocycles. The standard InChI is InChI=1S/C29H34N4O5S/c1-4-27-31-24-14-13-21(28(35)36)18-25(24)33(27)16-15-29(2,3)30-19-26(34)20-9-8-10-22(17-20)32-39(37,38)23-11-6-5-7-12-23/h5-14,17-18,26,30,32,34H,4,15-16,19H2,1-3H3,(H,35,36)/t26-/m0/s1. The highest BCUT2D eigenvalue weighted by atomic mass is 32.2. The lowest BCUT2D eigenvalue weighted by Crippen LogP contribution is -2.42. The van der Waals surface area contributed by atoms with Crippen LogP contribution in [0.1, 0.15) is 55.0 Å². The first kappa shape index (κ1) is 28.3. The highest BCUT2D eigenvalue weighted by Crippen LogP contribution is 2.23. The molecule has 0 radical (unpaired) electrons. The summed E-state index contributed by atoms with van der Waals surface area (Å²) in [6, 6.07) is 19.8. The minimum Gasteiger partial charge on any atom is -0.478 e. The van der Waals surface area contributed by atoms with E-state index in [-0.39, 0.29) is 22.5 Å². The van der Waals surface area contributed by atoms with Crippen molar-refractivity contribution in [3.63, 3.8) is 0 Å². The van der Waals surface area contributed by atoms with Crippen LogP contribution in [0.4, 0.5) is 5.69 Å². The minimum atomic E-state index is -3.74. The number of sulfonamides is 1. The Kier molecular flexibility index (Phi) is 8.39. The van der Waals surface area contributed by atoms with Gasteiger partial charge < -0.3 is 20.1 Å². The summed E-state index contributed by atoms with van der Waals surface area (Å²) in [5.74, 6) is -0.0891. The molecule has 4 aromatic rings. The van der Waals surface area contributed by atoms with Crippen LogP contribution in [0.25, 0.3) is 11.0 Å². The summed E-state index contributed by atoms with van der Waals surface area (Å²) < 4.78 is 30.0. The van der Waals surface area contributed by atoms with Gasteiger partial charge in [0.15, 0.2) is 0 Å². The Morgan fingerprint density at radius 1 is 1.05 bits per heavy atom. The van der Waals surface area contributed by atoms with Crippen molar-refractivity contribution < 1.29 is 23.4 Å². The molecule has 0 saturated carbocycles. The zero-order chi connectivity index (χ0) is 28.2. The molecule has 1 aromatic heterocycles. The first-order chi connectivity index (χ1) is 18.5. The van der Waals surface area contributed by atoms with E-state index in [0.29, 0.717) is 30.6 Å². The number of carbonyl (C=O) groups is 1. The summed E-state index contributed by atoms with van der Waals surface area (Å²) in [4.78, 5) is 16.3. The molecule has 9 nitrogen and oxygen atoms in total. The molecule has 1 heterocycles. The maximum atomic E-state index is 12.7. The third kappa shape index (κ3) is 6.83. The normalized spacial score (nSPS) is 12.9. The van der Waals surface area contributed by atoms with E-state index in [4.69, 9.17) is 0 Å². The van der Waals surface area contributed by atoms with Crippen molar-refractivity contribution in [1.29, 1.82) is 0 Å². The van der Waals surface area contributed by atoms with Crippen molar-refractivity contribution in [3.05, 3.63) is 89.7 Å². The van der Waals surface area contributed by atoms with Gasteiger partial charge in [-0.1, -0.05) is 37.3 Å². The molecule has 0 aliphatic carbocycles. The molecule has 3 aromatic carbocycles. The Balaban J connectivity index is 1.41. The van der Waals surface area contributed by atoms with E-state index in [2.05, 4.69) is 19.6 Å². The van der Waals surface area contributed by atoms with Gasteiger partial charge >= 0.3 is 5.97 Å². The van der Waals surface area contributed by atoms with Gasteiger partial charge in [0.05, 0.1) is 27.6 Å². The SMILES string of the molecule is CCc1nc2ccc(C(=O)O)cc2n1CCC(C)(C)NC[C@H](O)c1cccc(NS(=O)(=O)c2ccccc2)c1. The molecular weight excluding hydrogens is 516 g/mol. The Morgan fingerprint density at radius 3 is 2.49 bits per heavy atom. The molecule has 10 heteroatoms. The van der Waals surface area contributed by atoms with Gasteiger partial charge in [-0.2, -0.15) is 0 Å². The number of fused-ring (bicyclic) bond motifs is 1. The summed E-state index contributed by atoms with van der Waals surface area (Å²) in [7, 11) is -3.74. The van der Waals surface area contributed by atoms with Crippen LogP contribution in [0.15, 0.2) is 77.7 Å². The molecule has 0 aliphatic rings. The summed E-state index contributed by atoms with van der Waals surface area (Å²) >= 11 is 0. The molecule has 1 atom stereocenters. The molecular formula is C29H34N4O5S. The molecule has 0 bridgehead atoms. The molecule has 206 valence electrons. The number of aliphatic hydroxyl groups excluding tert-OH is 1. The van der Waals surface area contributed by atoms with Gasteiger partial charge in [-0.25, -0.2) is 18.2 Å². The lowest BCUT2D eigenvalue weighted by molar-refractivity contribution is 0.0697. The van der Waals surface area contributed by atoms with Crippen molar-refractivity contribution in [2.75, 3.05) is 11.3 Å². The highest BCUT2D eigenvalue weighted by molar-refractivity contribution is 7.92. The number of imidazole rings is 1. The molecule has 0 amide bonds. The largest absolute Gasteiger partial charge is 0.478 e. The van der Waals surface area contributed by atoms with E-state index in [1.807, 2.05) is 20.8 Å². The second-order valence-corrected chi connectivity index (χ2v) is 11.8. The number of β-amino-alcohol motifs (C(OH)–C–C–N with tert-alkyl or cyclic N) is 1. The number of anilines is 1. The Bertz CT molecular complexity index is 1570. The number of hydrogen-bond acceptors (Lipinski definition) is 6. The fourth-order valence-electron chi connectivity index (χ4n) is 4.42. The van der Waals surface area contributed by atoms with Crippen LogP contribution >= 0.6 is 0 Å². The monoisotopic (exact) mass is 550 g/mol. The predicted octanol–water partition coefficient (Wildman–Crippen LogP) is 4.59. The maximum absolute atomic E-state index is 12.7. The van der Waals surface area contributed by atoms with Gasteiger partial charge in [0.1, 0.15) is 5.82 Å². The summed E-state index contributed by atoms with van der Waals surface area (Å²) in [6.45, 7) is 6.98. The Hall–Kier alpha value is -3.73. The van der Waals surface area contributed by atoms with Crippen LogP contribution < -0.4 is 10.0 Å². The van der Waals surface area contributed by atoms with Gasteiger partial charge in [-0.15, -0.1) is 0 Å². The van der Waals surface area contributed by atoms with Gasteiger partial charge in [0.2, 0.25) is 0 Å². The number of hydrogen-bond donors (Lipinski definition) is 4. The number of rotatable bonds is 12. The molecule has 0 aliphatic heterocycles.